The Hall–Kier alpha value is -0.900. The molecule has 0 amide bonds. The van der Waals surface area contributed by atoms with Crippen LogP contribution in [0, 0.1) is 0 Å². The third-order valence-corrected chi connectivity index (χ3v) is 3.35. The molecule has 1 aliphatic heterocycles. The fourth-order valence-corrected chi connectivity index (χ4v) is 2.37. The molecule has 0 bridgehead atoms. The Bertz CT molecular complexity index is 346. The summed E-state index contributed by atoms with van der Waals surface area (Å²) in [5.41, 5.74) is 2.57. The molecule has 1 aromatic carbocycles. The summed E-state index contributed by atoms with van der Waals surface area (Å²) in [5.74, 6) is 0. The van der Waals surface area contributed by atoms with E-state index in [1.807, 2.05) is 0 Å². The largest absolute Gasteiger partial charge is 0.381 e. The van der Waals surface area contributed by atoms with Gasteiger partial charge in [-0.3, -0.25) is 0 Å². The van der Waals surface area contributed by atoms with E-state index in [0.29, 0.717) is 12.6 Å². The summed E-state index contributed by atoms with van der Waals surface area (Å²) in [7, 11) is 1.73. The van der Waals surface area contributed by atoms with Crippen LogP contribution < -0.4 is 5.32 Å². The first-order valence-electron chi connectivity index (χ1n) is 6.76. The smallest absolute Gasteiger partial charge is 0.0713 e. The second kappa shape index (κ2) is 7.52. The molecule has 0 unspecified atom stereocenters. The highest BCUT2D eigenvalue weighted by Crippen LogP contribution is 2.10. The molecule has 1 aliphatic rings. The highest BCUT2D eigenvalue weighted by molar-refractivity contribution is 5.22. The molecule has 0 spiro atoms. The number of methoxy groups -OCH3 is 1. The van der Waals surface area contributed by atoms with Crippen LogP contribution in [0.3, 0.4) is 0 Å². The minimum absolute atomic E-state index is 0.596. The molecule has 100 valence electrons. The van der Waals surface area contributed by atoms with Crippen LogP contribution in [0.15, 0.2) is 24.3 Å². The van der Waals surface area contributed by atoms with E-state index in [4.69, 9.17) is 9.47 Å². The molecule has 3 nitrogen and oxygen atoms in total. The molecule has 0 saturated carbocycles. The summed E-state index contributed by atoms with van der Waals surface area (Å²) in [5, 5.41) is 3.63. The van der Waals surface area contributed by atoms with Gasteiger partial charge in [0.05, 0.1) is 6.61 Å². The van der Waals surface area contributed by atoms with Gasteiger partial charge in [-0.05, 0) is 30.4 Å². The van der Waals surface area contributed by atoms with Gasteiger partial charge in [0.15, 0.2) is 0 Å². The Labute approximate surface area is 109 Å². The lowest BCUT2D eigenvalue weighted by Crippen LogP contribution is -2.28. The van der Waals surface area contributed by atoms with Crippen molar-refractivity contribution in [2.24, 2.45) is 0 Å². The van der Waals surface area contributed by atoms with Crippen LogP contribution in [-0.4, -0.2) is 26.4 Å². The van der Waals surface area contributed by atoms with E-state index >= 15 is 0 Å². The van der Waals surface area contributed by atoms with Crippen molar-refractivity contribution in [3.63, 3.8) is 0 Å². The second-order valence-corrected chi connectivity index (χ2v) is 4.87. The van der Waals surface area contributed by atoms with Crippen molar-refractivity contribution in [3.05, 3.63) is 35.4 Å². The van der Waals surface area contributed by atoms with Gasteiger partial charge < -0.3 is 14.8 Å². The first-order valence-corrected chi connectivity index (χ1v) is 6.76. The van der Waals surface area contributed by atoms with Crippen molar-refractivity contribution in [2.45, 2.75) is 38.5 Å². The predicted molar refractivity (Wildman–Crippen MR) is 72.5 cm³/mol. The van der Waals surface area contributed by atoms with Gasteiger partial charge in [0.2, 0.25) is 0 Å². The molecule has 1 aromatic rings. The third-order valence-electron chi connectivity index (χ3n) is 3.35. The standard InChI is InChI=1S/C15H23NO2/c1-17-12-14-5-2-4-13(10-14)11-16-15-6-3-8-18-9-7-15/h2,4-5,10,15-16H,3,6-9,11-12H2,1H3/t15-/m0/s1. The zero-order valence-electron chi connectivity index (χ0n) is 11.2. The summed E-state index contributed by atoms with van der Waals surface area (Å²) in [6.07, 6.45) is 3.51. The Morgan fingerprint density at radius 3 is 3.06 bits per heavy atom. The van der Waals surface area contributed by atoms with Crippen LogP contribution in [-0.2, 0) is 22.6 Å². The van der Waals surface area contributed by atoms with E-state index < -0.39 is 0 Å². The van der Waals surface area contributed by atoms with Gasteiger partial charge in [0, 0.05) is 32.9 Å². The first kappa shape index (κ1) is 13.5. The Morgan fingerprint density at radius 1 is 1.28 bits per heavy atom. The van der Waals surface area contributed by atoms with Gasteiger partial charge in [0.25, 0.3) is 0 Å². The lowest BCUT2D eigenvalue weighted by atomic mass is 10.1. The van der Waals surface area contributed by atoms with Crippen molar-refractivity contribution in [3.8, 4) is 0 Å². The number of ether oxygens (including phenoxy) is 2. The normalized spacial score (nSPS) is 20.6. The zero-order chi connectivity index (χ0) is 12.6. The van der Waals surface area contributed by atoms with Gasteiger partial charge in [-0.2, -0.15) is 0 Å². The van der Waals surface area contributed by atoms with Crippen LogP contribution in [0.4, 0.5) is 0 Å². The van der Waals surface area contributed by atoms with Gasteiger partial charge >= 0.3 is 0 Å². The number of hydrogen-bond donors (Lipinski definition) is 1. The van der Waals surface area contributed by atoms with Gasteiger partial charge in [0.1, 0.15) is 0 Å². The fourth-order valence-electron chi connectivity index (χ4n) is 2.37. The fraction of sp³-hybridized carbons (Fsp3) is 0.600. The van der Waals surface area contributed by atoms with Crippen molar-refractivity contribution in [1.29, 1.82) is 0 Å². The number of rotatable bonds is 5. The lowest BCUT2D eigenvalue weighted by molar-refractivity contribution is 0.142. The summed E-state index contributed by atoms with van der Waals surface area (Å²) in [4.78, 5) is 0. The number of nitrogens with one attached hydrogen (secondary N) is 1. The van der Waals surface area contributed by atoms with Crippen LogP contribution in [0.2, 0.25) is 0 Å². The van der Waals surface area contributed by atoms with Gasteiger partial charge in [-0.15, -0.1) is 0 Å². The van der Waals surface area contributed by atoms with E-state index in [2.05, 4.69) is 29.6 Å². The number of hydrogen-bond acceptors (Lipinski definition) is 3. The molecule has 1 N–H and O–H groups in total. The molecule has 1 fully saturated rings. The highest BCUT2D eigenvalue weighted by atomic mass is 16.5. The van der Waals surface area contributed by atoms with Crippen LogP contribution >= 0.6 is 0 Å². The first-order chi connectivity index (χ1) is 8.88. The monoisotopic (exact) mass is 249 g/mol. The molecule has 1 saturated heterocycles. The van der Waals surface area contributed by atoms with E-state index in [1.165, 1.54) is 24.0 Å². The predicted octanol–water partition coefficient (Wildman–Crippen LogP) is 2.49. The zero-order valence-corrected chi connectivity index (χ0v) is 11.2. The van der Waals surface area contributed by atoms with E-state index in [9.17, 15) is 0 Å². The molecule has 1 atom stereocenters. The molecule has 0 aliphatic carbocycles. The lowest BCUT2D eigenvalue weighted by Gasteiger charge is -2.15. The van der Waals surface area contributed by atoms with Crippen LogP contribution in [0.1, 0.15) is 30.4 Å². The number of benzene rings is 1. The maximum absolute atomic E-state index is 5.47. The molecule has 0 radical (unpaired) electrons. The minimum atomic E-state index is 0.596. The maximum Gasteiger partial charge on any atom is 0.0713 e. The van der Waals surface area contributed by atoms with Gasteiger partial charge in [-0.25, -0.2) is 0 Å². The summed E-state index contributed by atoms with van der Waals surface area (Å²) in [6, 6.07) is 9.18. The van der Waals surface area contributed by atoms with E-state index in [-0.39, 0.29) is 0 Å². The van der Waals surface area contributed by atoms with Crippen molar-refractivity contribution < 1.29 is 9.47 Å². The minimum Gasteiger partial charge on any atom is -0.381 e. The molecule has 0 aromatic heterocycles. The molecule has 2 rings (SSSR count). The molecule has 3 heteroatoms. The quantitative estimate of drug-likeness (QED) is 0.869. The maximum atomic E-state index is 5.47. The molecular formula is C15H23NO2. The third kappa shape index (κ3) is 4.41. The summed E-state index contributed by atoms with van der Waals surface area (Å²) >= 11 is 0. The molecular weight excluding hydrogens is 226 g/mol. The van der Waals surface area contributed by atoms with Crippen LogP contribution in [0.5, 0.6) is 0 Å². The Kier molecular flexibility index (Phi) is 5.65. The average Bonchev–Trinajstić information content (AvgIpc) is 2.66. The molecule has 18 heavy (non-hydrogen) atoms. The summed E-state index contributed by atoms with van der Waals surface area (Å²) in [6.45, 7) is 3.43. The Balaban J connectivity index is 1.83. The Morgan fingerprint density at radius 2 is 2.17 bits per heavy atom. The summed E-state index contributed by atoms with van der Waals surface area (Å²) < 4.78 is 10.6. The van der Waals surface area contributed by atoms with Gasteiger partial charge in [-0.1, -0.05) is 24.3 Å². The van der Waals surface area contributed by atoms with E-state index in [1.54, 1.807) is 7.11 Å². The highest BCUT2D eigenvalue weighted by Gasteiger charge is 2.11. The van der Waals surface area contributed by atoms with Crippen LogP contribution in [0.25, 0.3) is 0 Å². The van der Waals surface area contributed by atoms with Crippen molar-refractivity contribution in [1.82, 2.24) is 5.32 Å². The van der Waals surface area contributed by atoms with Crippen molar-refractivity contribution >= 4 is 0 Å². The SMILES string of the molecule is COCc1cccc(CN[C@H]2CCCOCC2)c1. The molecule has 1 heterocycles. The van der Waals surface area contributed by atoms with E-state index in [0.717, 1.165) is 26.2 Å². The topological polar surface area (TPSA) is 30.5 Å². The van der Waals surface area contributed by atoms with Crippen molar-refractivity contribution in [2.75, 3.05) is 20.3 Å². The second-order valence-electron chi connectivity index (χ2n) is 4.87. The average molecular weight is 249 g/mol.